The van der Waals surface area contributed by atoms with Gasteiger partial charge >= 0.3 is 19.8 Å². The standard InChI is InChI=1S/C40H73O8P/c1-3-5-7-9-11-13-15-17-19-21-23-25-27-29-31-33-35-40(42)48-38(37-47-49(43,44)45)36-46-39(41)34-32-30-28-26-24-22-20-18-16-14-12-10-8-6-4-2/h6,8,12,14,18,20,38H,3-5,7,9-11,13,15-17,19,21-37H2,1-2H3,(H2,43,44,45)/b8-6-,14-12-,20-18-/t38-/m1/s1. The molecule has 0 aromatic rings. The van der Waals surface area contributed by atoms with Gasteiger partial charge in [0.1, 0.15) is 6.61 Å². The predicted molar refractivity (Wildman–Crippen MR) is 202 cm³/mol. The van der Waals surface area contributed by atoms with Gasteiger partial charge in [0.05, 0.1) is 6.61 Å². The number of phosphoric acid groups is 1. The van der Waals surface area contributed by atoms with E-state index in [0.29, 0.717) is 12.8 Å². The van der Waals surface area contributed by atoms with Crippen molar-refractivity contribution in [2.45, 2.75) is 193 Å². The number of carbonyl (C=O) groups is 2. The third-order valence-electron chi connectivity index (χ3n) is 8.42. The molecule has 0 bridgehead atoms. The summed E-state index contributed by atoms with van der Waals surface area (Å²) in [5.74, 6) is -0.900. The lowest BCUT2D eigenvalue weighted by molar-refractivity contribution is -0.161. The van der Waals surface area contributed by atoms with Crippen LogP contribution in [0.15, 0.2) is 36.5 Å². The number of allylic oxidation sites excluding steroid dienone is 6. The molecule has 8 nitrogen and oxygen atoms in total. The largest absolute Gasteiger partial charge is 0.469 e. The molecule has 49 heavy (non-hydrogen) atoms. The van der Waals surface area contributed by atoms with Crippen molar-refractivity contribution in [1.29, 1.82) is 0 Å². The first-order valence-electron chi connectivity index (χ1n) is 19.8. The van der Waals surface area contributed by atoms with Crippen LogP contribution >= 0.6 is 7.82 Å². The third kappa shape index (κ3) is 38.9. The fourth-order valence-corrected chi connectivity index (χ4v) is 5.87. The summed E-state index contributed by atoms with van der Waals surface area (Å²) < 4.78 is 26.3. The molecule has 0 unspecified atom stereocenters. The molecule has 0 fully saturated rings. The fourth-order valence-electron chi connectivity index (χ4n) is 5.51. The summed E-state index contributed by atoms with van der Waals surface area (Å²) in [5.41, 5.74) is 0. The average Bonchev–Trinajstić information content (AvgIpc) is 3.07. The summed E-state index contributed by atoms with van der Waals surface area (Å²) in [6, 6.07) is 0. The lowest BCUT2D eigenvalue weighted by atomic mass is 10.0. The number of esters is 2. The van der Waals surface area contributed by atoms with Crippen molar-refractivity contribution in [3.8, 4) is 0 Å². The second-order valence-electron chi connectivity index (χ2n) is 13.2. The Hall–Kier alpha value is -1.73. The molecule has 9 heteroatoms. The van der Waals surface area contributed by atoms with E-state index in [1.165, 1.54) is 77.0 Å². The quantitative estimate of drug-likeness (QED) is 0.0285. The van der Waals surface area contributed by atoms with Gasteiger partial charge in [-0.05, 0) is 44.9 Å². The van der Waals surface area contributed by atoms with E-state index in [2.05, 4.69) is 54.8 Å². The molecule has 0 radical (unpaired) electrons. The first kappa shape index (κ1) is 47.3. The zero-order valence-electron chi connectivity index (χ0n) is 31.3. The second kappa shape index (κ2) is 36.1. The number of ether oxygens (including phenoxy) is 2. The summed E-state index contributed by atoms with van der Waals surface area (Å²) in [6.07, 6.45) is 41.5. The monoisotopic (exact) mass is 713 g/mol. The van der Waals surface area contributed by atoms with Crippen molar-refractivity contribution in [3.05, 3.63) is 36.5 Å². The van der Waals surface area contributed by atoms with Gasteiger partial charge in [-0.1, -0.05) is 166 Å². The summed E-state index contributed by atoms with van der Waals surface area (Å²) in [5, 5.41) is 0. The molecule has 0 aliphatic heterocycles. The molecule has 0 amide bonds. The minimum Gasteiger partial charge on any atom is -0.462 e. The minimum atomic E-state index is -4.75. The zero-order chi connectivity index (χ0) is 36.1. The Morgan fingerprint density at radius 3 is 1.47 bits per heavy atom. The maximum absolute atomic E-state index is 12.4. The van der Waals surface area contributed by atoms with Crippen LogP contribution in [0.2, 0.25) is 0 Å². The average molecular weight is 713 g/mol. The Balaban J connectivity index is 3.95. The molecule has 0 aromatic heterocycles. The molecule has 0 heterocycles. The molecule has 0 rings (SSSR count). The van der Waals surface area contributed by atoms with E-state index < -0.39 is 32.5 Å². The topological polar surface area (TPSA) is 119 Å². The molecule has 1 atom stereocenters. The highest BCUT2D eigenvalue weighted by atomic mass is 31.2. The minimum absolute atomic E-state index is 0.211. The Labute approximate surface area is 300 Å². The highest BCUT2D eigenvalue weighted by Gasteiger charge is 2.22. The van der Waals surface area contributed by atoms with Crippen LogP contribution in [0.4, 0.5) is 0 Å². The van der Waals surface area contributed by atoms with Gasteiger partial charge in [0.2, 0.25) is 0 Å². The van der Waals surface area contributed by atoms with Crippen LogP contribution in [0, 0.1) is 0 Å². The number of hydrogen-bond acceptors (Lipinski definition) is 6. The molecule has 286 valence electrons. The van der Waals surface area contributed by atoms with Crippen molar-refractivity contribution < 1.29 is 37.9 Å². The van der Waals surface area contributed by atoms with Crippen LogP contribution in [0.1, 0.15) is 187 Å². The van der Waals surface area contributed by atoms with Crippen molar-refractivity contribution >= 4 is 19.8 Å². The van der Waals surface area contributed by atoms with E-state index in [0.717, 1.165) is 70.6 Å². The smallest absolute Gasteiger partial charge is 0.462 e. The van der Waals surface area contributed by atoms with E-state index in [4.69, 9.17) is 19.3 Å². The highest BCUT2D eigenvalue weighted by Crippen LogP contribution is 2.36. The maximum Gasteiger partial charge on any atom is 0.469 e. The Bertz CT molecular complexity index is 895. The maximum atomic E-state index is 12.4. The summed E-state index contributed by atoms with van der Waals surface area (Å²) >= 11 is 0. The summed E-state index contributed by atoms with van der Waals surface area (Å²) in [7, 11) is -4.75. The van der Waals surface area contributed by atoms with Crippen LogP contribution in [0.3, 0.4) is 0 Å². The van der Waals surface area contributed by atoms with Gasteiger partial charge in [0.25, 0.3) is 0 Å². The molecule has 0 spiro atoms. The van der Waals surface area contributed by atoms with Crippen molar-refractivity contribution in [2.24, 2.45) is 0 Å². The number of phosphoric ester groups is 1. The molecule has 0 aliphatic rings. The first-order chi connectivity index (χ1) is 23.8. The number of rotatable bonds is 36. The molecule has 0 aliphatic carbocycles. The van der Waals surface area contributed by atoms with Crippen LogP contribution in [0.5, 0.6) is 0 Å². The van der Waals surface area contributed by atoms with Crippen molar-refractivity contribution in [1.82, 2.24) is 0 Å². The Morgan fingerprint density at radius 1 is 0.551 bits per heavy atom. The molecule has 0 saturated carbocycles. The van der Waals surface area contributed by atoms with E-state index in [1.54, 1.807) is 0 Å². The molecule has 0 saturated heterocycles. The van der Waals surface area contributed by atoms with Crippen LogP contribution in [-0.2, 0) is 28.2 Å². The third-order valence-corrected chi connectivity index (χ3v) is 8.91. The Kier molecular flexibility index (Phi) is 34.8. The lowest BCUT2D eigenvalue weighted by Crippen LogP contribution is -2.29. The highest BCUT2D eigenvalue weighted by molar-refractivity contribution is 7.46. The molecular formula is C40H73O8P. The van der Waals surface area contributed by atoms with E-state index in [-0.39, 0.29) is 19.4 Å². The van der Waals surface area contributed by atoms with Gasteiger partial charge in [0, 0.05) is 12.8 Å². The first-order valence-corrected chi connectivity index (χ1v) is 21.3. The molecule has 2 N–H and O–H groups in total. The van der Waals surface area contributed by atoms with Crippen LogP contribution < -0.4 is 0 Å². The normalized spacial score (nSPS) is 12.8. The van der Waals surface area contributed by atoms with Gasteiger partial charge in [-0.2, -0.15) is 0 Å². The van der Waals surface area contributed by atoms with Gasteiger partial charge in [-0.25, -0.2) is 4.57 Å². The Morgan fingerprint density at radius 2 is 0.980 bits per heavy atom. The second-order valence-corrected chi connectivity index (χ2v) is 14.5. The van der Waals surface area contributed by atoms with E-state index in [9.17, 15) is 14.2 Å². The number of unbranched alkanes of at least 4 members (excludes halogenated alkanes) is 20. The zero-order valence-corrected chi connectivity index (χ0v) is 32.2. The molecule has 0 aromatic carbocycles. The van der Waals surface area contributed by atoms with Crippen LogP contribution in [-0.4, -0.2) is 41.0 Å². The van der Waals surface area contributed by atoms with E-state index >= 15 is 0 Å². The molecular weight excluding hydrogens is 639 g/mol. The summed E-state index contributed by atoms with van der Waals surface area (Å²) in [6.45, 7) is 3.56. The van der Waals surface area contributed by atoms with Gasteiger partial charge in [-0.15, -0.1) is 0 Å². The van der Waals surface area contributed by atoms with Crippen LogP contribution in [0.25, 0.3) is 0 Å². The van der Waals surface area contributed by atoms with Crippen molar-refractivity contribution in [2.75, 3.05) is 13.2 Å². The summed E-state index contributed by atoms with van der Waals surface area (Å²) in [4.78, 5) is 42.8. The number of hydrogen-bond donors (Lipinski definition) is 2. The van der Waals surface area contributed by atoms with Gasteiger partial charge in [0.15, 0.2) is 6.10 Å². The van der Waals surface area contributed by atoms with Crippen molar-refractivity contribution in [3.63, 3.8) is 0 Å². The lowest BCUT2D eigenvalue weighted by Gasteiger charge is -2.18. The number of carbonyl (C=O) groups excluding carboxylic acids is 2. The SMILES string of the molecule is CC/C=C\C/C=C\C/C=C\CCCCCCCC(=O)OC[C@H](COP(=O)(O)O)OC(=O)CCCCCCCCCCCCCCCCCC. The van der Waals surface area contributed by atoms with E-state index in [1.807, 2.05) is 0 Å². The van der Waals surface area contributed by atoms with Gasteiger partial charge in [-0.3, -0.25) is 14.1 Å². The predicted octanol–water partition coefficient (Wildman–Crippen LogP) is 11.8. The van der Waals surface area contributed by atoms with Gasteiger partial charge < -0.3 is 19.3 Å². The fraction of sp³-hybridized carbons (Fsp3) is 0.800.